The molecule has 4 nitrogen and oxygen atoms in total. The molecule has 2 aliphatic heterocycles. The van der Waals surface area contributed by atoms with E-state index in [1.807, 2.05) is 30.3 Å². The van der Waals surface area contributed by atoms with Crippen molar-refractivity contribution in [2.75, 3.05) is 13.2 Å². The van der Waals surface area contributed by atoms with Crippen LogP contribution in [0.3, 0.4) is 0 Å². The molecule has 1 aliphatic carbocycles. The maximum absolute atomic E-state index is 13.5. The van der Waals surface area contributed by atoms with Gasteiger partial charge in [-0.2, -0.15) is 0 Å². The van der Waals surface area contributed by atoms with Crippen molar-refractivity contribution >= 4 is 16.6 Å². The molecule has 156 valence electrons. The summed E-state index contributed by atoms with van der Waals surface area (Å²) in [4.78, 5) is 13.5. The van der Waals surface area contributed by atoms with Gasteiger partial charge in [-0.1, -0.05) is 50.2 Å². The number of hydrogen-bond acceptors (Lipinski definition) is 4. The lowest BCUT2D eigenvalue weighted by Crippen LogP contribution is -2.33. The molecule has 3 aromatic carbocycles. The summed E-state index contributed by atoms with van der Waals surface area (Å²) in [6.45, 7) is 5.35. The highest BCUT2D eigenvalue weighted by molar-refractivity contribution is 6.02. The predicted molar refractivity (Wildman–Crippen MR) is 119 cm³/mol. The van der Waals surface area contributed by atoms with Crippen LogP contribution in [-0.2, 0) is 4.79 Å². The second kappa shape index (κ2) is 6.61. The molecule has 1 atom stereocenters. The van der Waals surface area contributed by atoms with Crippen molar-refractivity contribution in [3.8, 4) is 17.2 Å². The van der Waals surface area contributed by atoms with Crippen molar-refractivity contribution in [2.45, 2.75) is 32.6 Å². The molecule has 0 bridgehead atoms. The fraction of sp³-hybridized carbons (Fsp3) is 0.296. The van der Waals surface area contributed by atoms with E-state index in [1.165, 1.54) is 0 Å². The fourth-order valence-electron chi connectivity index (χ4n) is 5.20. The molecule has 0 fully saturated rings. The van der Waals surface area contributed by atoms with Crippen LogP contribution in [0.1, 0.15) is 43.7 Å². The highest BCUT2D eigenvalue weighted by atomic mass is 16.6. The molecule has 0 spiro atoms. The summed E-state index contributed by atoms with van der Waals surface area (Å²) in [5.41, 5.74) is 2.77. The zero-order valence-corrected chi connectivity index (χ0v) is 17.7. The van der Waals surface area contributed by atoms with E-state index in [0.717, 1.165) is 56.9 Å². The summed E-state index contributed by atoms with van der Waals surface area (Å²) in [7, 11) is 0. The Labute approximate surface area is 181 Å². The van der Waals surface area contributed by atoms with Gasteiger partial charge in [0.05, 0.1) is 0 Å². The SMILES string of the molecule is CC1(C)CC(=O)C2=C(C1)Oc1ccc3ccccc3c1C2c1ccc2c(c1)OCCO2. The van der Waals surface area contributed by atoms with E-state index >= 15 is 0 Å². The second-order valence-corrected chi connectivity index (χ2v) is 9.41. The van der Waals surface area contributed by atoms with Gasteiger partial charge in [0.15, 0.2) is 17.3 Å². The van der Waals surface area contributed by atoms with Crippen LogP contribution < -0.4 is 14.2 Å². The van der Waals surface area contributed by atoms with Gasteiger partial charge >= 0.3 is 0 Å². The molecule has 2 heterocycles. The third kappa shape index (κ3) is 2.93. The van der Waals surface area contributed by atoms with Gasteiger partial charge in [-0.3, -0.25) is 4.79 Å². The number of hydrogen-bond donors (Lipinski definition) is 0. The zero-order valence-electron chi connectivity index (χ0n) is 17.7. The van der Waals surface area contributed by atoms with E-state index in [1.54, 1.807) is 0 Å². The van der Waals surface area contributed by atoms with Crippen LogP contribution in [0.15, 0.2) is 65.9 Å². The van der Waals surface area contributed by atoms with E-state index in [4.69, 9.17) is 14.2 Å². The smallest absolute Gasteiger partial charge is 0.163 e. The average molecular weight is 412 g/mol. The van der Waals surface area contributed by atoms with E-state index in [-0.39, 0.29) is 17.1 Å². The molecule has 0 amide bonds. The number of benzene rings is 3. The molecule has 0 radical (unpaired) electrons. The van der Waals surface area contributed by atoms with Crippen LogP contribution in [0.2, 0.25) is 0 Å². The van der Waals surface area contributed by atoms with Gasteiger partial charge < -0.3 is 14.2 Å². The quantitative estimate of drug-likeness (QED) is 0.508. The normalized spacial score (nSPS) is 21.4. The van der Waals surface area contributed by atoms with Crippen molar-refractivity contribution in [3.63, 3.8) is 0 Å². The predicted octanol–water partition coefficient (Wildman–Crippen LogP) is 5.78. The first-order valence-electron chi connectivity index (χ1n) is 10.9. The van der Waals surface area contributed by atoms with Crippen molar-refractivity contribution < 1.29 is 19.0 Å². The molecule has 0 N–H and O–H groups in total. The molecule has 3 aliphatic rings. The van der Waals surface area contributed by atoms with Gasteiger partial charge in [-0.05, 0) is 39.9 Å². The Balaban J connectivity index is 1.62. The number of Topliss-reactive ketones (excluding diaryl/α,β-unsaturated/α-hetero) is 1. The van der Waals surface area contributed by atoms with E-state index in [2.05, 4.69) is 38.1 Å². The maximum atomic E-state index is 13.5. The Kier molecular flexibility index (Phi) is 3.95. The molecule has 0 saturated carbocycles. The van der Waals surface area contributed by atoms with E-state index in [9.17, 15) is 4.79 Å². The summed E-state index contributed by atoms with van der Waals surface area (Å²) < 4.78 is 18.0. The first-order valence-corrected chi connectivity index (χ1v) is 10.9. The average Bonchev–Trinajstić information content (AvgIpc) is 2.76. The fourth-order valence-corrected chi connectivity index (χ4v) is 5.20. The van der Waals surface area contributed by atoms with Crippen molar-refractivity contribution in [1.82, 2.24) is 0 Å². The van der Waals surface area contributed by atoms with Crippen molar-refractivity contribution in [2.24, 2.45) is 5.41 Å². The molecule has 3 aromatic rings. The molecule has 0 aromatic heterocycles. The largest absolute Gasteiger partial charge is 0.486 e. The highest BCUT2D eigenvalue weighted by Gasteiger charge is 2.42. The first-order chi connectivity index (χ1) is 15.0. The number of rotatable bonds is 1. The van der Waals surface area contributed by atoms with Crippen LogP contribution >= 0.6 is 0 Å². The zero-order chi connectivity index (χ0) is 21.2. The monoisotopic (exact) mass is 412 g/mol. The number of fused-ring (bicyclic) bond motifs is 4. The maximum Gasteiger partial charge on any atom is 0.163 e. The third-order valence-electron chi connectivity index (χ3n) is 6.52. The Bertz CT molecular complexity index is 1270. The minimum absolute atomic E-state index is 0.110. The van der Waals surface area contributed by atoms with Gasteiger partial charge in [0.2, 0.25) is 0 Å². The standard InChI is InChI=1S/C27H24O4/c1-27(2)14-19(28)26-23(15-27)31-21-10-7-16-5-3-4-6-18(16)25(21)24(26)17-8-9-20-22(13-17)30-12-11-29-20/h3-10,13,24H,11-12,14-15H2,1-2H3. The van der Waals surface area contributed by atoms with Gasteiger partial charge in [-0.15, -0.1) is 0 Å². The summed E-state index contributed by atoms with van der Waals surface area (Å²) in [5.74, 6) is 3.12. The van der Waals surface area contributed by atoms with E-state index in [0.29, 0.717) is 19.6 Å². The Morgan fingerprint density at radius 2 is 1.65 bits per heavy atom. The number of ether oxygens (including phenoxy) is 3. The highest BCUT2D eigenvalue weighted by Crippen LogP contribution is 2.52. The number of carbonyl (C=O) groups is 1. The lowest BCUT2D eigenvalue weighted by molar-refractivity contribution is -0.118. The van der Waals surface area contributed by atoms with Gasteiger partial charge in [0, 0.05) is 29.9 Å². The number of ketones is 1. The van der Waals surface area contributed by atoms with Crippen molar-refractivity contribution in [3.05, 3.63) is 77.1 Å². The third-order valence-corrected chi connectivity index (χ3v) is 6.52. The van der Waals surface area contributed by atoms with Crippen LogP contribution in [0, 0.1) is 5.41 Å². The molecular formula is C27H24O4. The summed E-state index contributed by atoms with van der Waals surface area (Å²) in [5, 5.41) is 2.25. The number of allylic oxidation sites excluding steroid dienone is 2. The summed E-state index contributed by atoms with van der Waals surface area (Å²) in [6.07, 6.45) is 1.28. The van der Waals surface area contributed by atoms with Gasteiger partial charge in [-0.25, -0.2) is 0 Å². The number of carbonyl (C=O) groups excluding carboxylic acids is 1. The van der Waals surface area contributed by atoms with Gasteiger partial charge in [0.1, 0.15) is 24.7 Å². The second-order valence-electron chi connectivity index (χ2n) is 9.41. The molecule has 4 heteroatoms. The molecular weight excluding hydrogens is 388 g/mol. The van der Waals surface area contributed by atoms with Crippen LogP contribution in [0.25, 0.3) is 10.8 Å². The first kappa shape index (κ1) is 18.5. The molecule has 1 unspecified atom stereocenters. The van der Waals surface area contributed by atoms with Crippen LogP contribution in [0.4, 0.5) is 0 Å². The lowest BCUT2D eigenvalue weighted by atomic mass is 9.69. The van der Waals surface area contributed by atoms with Gasteiger partial charge in [0.25, 0.3) is 0 Å². The Morgan fingerprint density at radius 3 is 2.52 bits per heavy atom. The topological polar surface area (TPSA) is 44.8 Å². The lowest BCUT2D eigenvalue weighted by Gasteiger charge is -2.39. The minimum atomic E-state index is -0.190. The van der Waals surface area contributed by atoms with Crippen LogP contribution in [-0.4, -0.2) is 19.0 Å². The van der Waals surface area contributed by atoms with Crippen molar-refractivity contribution in [1.29, 1.82) is 0 Å². The molecule has 6 rings (SSSR count). The Morgan fingerprint density at radius 1 is 0.871 bits per heavy atom. The summed E-state index contributed by atoms with van der Waals surface area (Å²) in [6, 6.07) is 18.5. The van der Waals surface area contributed by atoms with E-state index < -0.39 is 0 Å². The minimum Gasteiger partial charge on any atom is -0.486 e. The summed E-state index contributed by atoms with van der Waals surface area (Å²) >= 11 is 0. The molecule has 31 heavy (non-hydrogen) atoms. The molecule has 0 saturated heterocycles. The Hall–Kier alpha value is -3.27. The van der Waals surface area contributed by atoms with Crippen LogP contribution in [0.5, 0.6) is 17.2 Å².